The molecule has 2 fully saturated rings. The highest BCUT2D eigenvalue weighted by Crippen LogP contribution is 2.38. The Balaban J connectivity index is 1.53. The monoisotopic (exact) mass is 320 g/mol. The third-order valence-corrected chi connectivity index (χ3v) is 5.29. The number of nitrogens with one attached hydrogen (secondary N) is 1. The van der Waals surface area contributed by atoms with Crippen LogP contribution in [0.3, 0.4) is 0 Å². The summed E-state index contributed by atoms with van der Waals surface area (Å²) in [6.07, 6.45) is 5.78. The molecule has 4 rings (SSSR count). The third-order valence-electron chi connectivity index (χ3n) is 4.45. The number of anilines is 1. The predicted octanol–water partition coefficient (Wildman–Crippen LogP) is 2.08. The van der Waals surface area contributed by atoms with Crippen LogP contribution in [0.15, 0.2) is 10.9 Å². The third kappa shape index (κ3) is 2.75. The van der Waals surface area contributed by atoms with E-state index < -0.39 is 0 Å². The van der Waals surface area contributed by atoms with Crippen LogP contribution in [0, 0.1) is 5.92 Å². The van der Waals surface area contributed by atoms with Crippen molar-refractivity contribution in [2.75, 3.05) is 11.9 Å². The summed E-state index contributed by atoms with van der Waals surface area (Å²) in [4.78, 5) is 17.2. The van der Waals surface area contributed by atoms with E-state index in [9.17, 15) is 4.79 Å². The van der Waals surface area contributed by atoms with E-state index in [4.69, 9.17) is 4.74 Å². The number of rotatable bonds is 4. The number of aryl methyl sites for hydroxylation is 1. The highest BCUT2D eigenvalue weighted by molar-refractivity contribution is 7.20. The lowest BCUT2D eigenvalue weighted by molar-refractivity contribution is -0.00219. The number of fused-ring (bicyclic) bond motifs is 1. The summed E-state index contributed by atoms with van der Waals surface area (Å²) in [5.74, 6) is 0.761. The second-order valence-corrected chi connectivity index (χ2v) is 7.11. The van der Waals surface area contributed by atoms with Crippen LogP contribution in [0.1, 0.15) is 38.3 Å². The van der Waals surface area contributed by atoms with Gasteiger partial charge in [0.25, 0.3) is 5.56 Å². The smallest absolute Gasteiger partial charge is 0.275 e. The van der Waals surface area contributed by atoms with Gasteiger partial charge < -0.3 is 10.1 Å². The molecule has 0 bridgehead atoms. The Hall–Kier alpha value is -1.47. The molecular weight excluding hydrogens is 300 g/mol. The molecule has 1 saturated carbocycles. The maximum absolute atomic E-state index is 12.0. The van der Waals surface area contributed by atoms with Crippen molar-refractivity contribution >= 4 is 21.4 Å². The van der Waals surface area contributed by atoms with Gasteiger partial charge in [-0.2, -0.15) is 4.52 Å². The molecule has 2 aliphatic rings. The largest absolute Gasteiger partial charge is 0.378 e. The van der Waals surface area contributed by atoms with Crippen LogP contribution in [-0.2, 0) is 11.2 Å². The summed E-state index contributed by atoms with van der Waals surface area (Å²) in [6, 6.07) is 1.94. The number of hydrogen-bond acceptors (Lipinski definition) is 6. The zero-order valence-electron chi connectivity index (χ0n) is 12.6. The summed E-state index contributed by atoms with van der Waals surface area (Å²) in [5.41, 5.74) is 0.717. The van der Waals surface area contributed by atoms with E-state index in [0.717, 1.165) is 42.6 Å². The van der Waals surface area contributed by atoms with Crippen LogP contribution in [0.2, 0.25) is 0 Å². The van der Waals surface area contributed by atoms with Crippen LogP contribution in [0.25, 0.3) is 4.96 Å². The first-order valence-corrected chi connectivity index (χ1v) is 8.82. The normalized spacial score (nSPS) is 25.5. The molecule has 6 nitrogen and oxygen atoms in total. The van der Waals surface area contributed by atoms with Gasteiger partial charge in [-0.1, -0.05) is 18.3 Å². The van der Waals surface area contributed by atoms with Crippen LogP contribution in [-0.4, -0.2) is 33.4 Å². The van der Waals surface area contributed by atoms with E-state index in [1.165, 1.54) is 28.7 Å². The van der Waals surface area contributed by atoms with E-state index in [1.807, 2.05) is 6.92 Å². The first kappa shape index (κ1) is 14.1. The maximum Gasteiger partial charge on any atom is 0.275 e. The Morgan fingerprint density at radius 3 is 3.09 bits per heavy atom. The Morgan fingerprint density at radius 2 is 2.32 bits per heavy atom. The first-order valence-electron chi connectivity index (χ1n) is 8.01. The van der Waals surface area contributed by atoms with Crippen molar-refractivity contribution in [3.63, 3.8) is 0 Å². The first-order chi connectivity index (χ1) is 10.7. The van der Waals surface area contributed by atoms with Crippen LogP contribution >= 0.6 is 11.3 Å². The van der Waals surface area contributed by atoms with Crippen molar-refractivity contribution in [1.82, 2.24) is 14.6 Å². The molecule has 0 spiro atoms. The predicted molar refractivity (Wildman–Crippen MR) is 85.6 cm³/mol. The van der Waals surface area contributed by atoms with Gasteiger partial charge in [0.05, 0.1) is 6.10 Å². The summed E-state index contributed by atoms with van der Waals surface area (Å²) in [5, 5.41) is 8.63. The van der Waals surface area contributed by atoms with Gasteiger partial charge in [0, 0.05) is 24.4 Å². The fourth-order valence-electron chi connectivity index (χ4n) is 3.03. The second kappa shape index (κ2) is 5.62. The van der Waals surface area contributed by atoms with Gasteiger partial charge in [0.2, 0.25) is 10.1 Å². The molecule has 2 unspecified atom stereocenters. The minimum absolute atomic E-state index is 0.103. The van der Waals surface area contributed by atoms with Crippen molar-refractivity contribution in [3.8, 4) is 0 Å². The fraction of sp³-hybridized carbons (Fsp3) is 0.667. The summed E-state index contributed by atoms with van der Waals surface area (Å²) >= 11 is 1.45. The van der Waals surface area contributed by atoms with E-state index in [1.54, 1.807) is 6.07 Å². The maximum atomic E-state index is 12.0. The van der Waals surface area contributed by atoms with Crippen molar-refractivity contribution < 1.29 is 4.74 Å². The standard InChI is InChI=1S/C15H20N4O2S/c1-2-10-8-13(20)19-15(17-10)22-14(18-19)16-11-5-6-21-12(7-11)9-3-4-9/h8-9,11-12H,2-7H2,1H3,(H,16,18). The fourth-order valence-corrected chi connectivity index (χ4v) is 3.93. The molecule has 2 aromatic rings. The Kier molecular flexibility index (Phi) is 3.62. The molecule has 0 aromatic carbocycles. The number of hydrogen-bond donors (Lipinski definition) is 1. The summed E-state index contributed by atoms with van der Waals surface area (Å²) in [6.45, 7) is 2.81. The van der Waals surface area contributed by atoms with E-state index in [0.29, 0.717) is 17.1 Å². The molecule has 3 heterocycles. The van der Waals surface area contributed by atoms with Crippen LogP contribution in [0.4, 0.5) is 5.13 Å². The zero-order chi connectivity index (χ0) is 15.1. The van der Waals surface area contributed by atoms with Crippen molar-refractivity contribution in [2.45, 2.75) is 51.2 Å². The highest BCUT2D eigenvalue weighted by Gasteiger charge is 2.36. The van der Waals surface area contributed by atoms with Gasteiger partial charge in [0.15, 0.2) is 0 Å². The van der Waals surface area contributed by atoms with Crippen molar-refractivity contribution in [1.29, 1.82) is 0 Å². The van der Waals surface area contributed by atoms with Gasteiger partial charge in [-0.25, -0.2) is 4.98 Å². The number of ether oxygens (including phenoxy) is 1. The second-order valence-electron chi connectivity index (χ2n) is 6.15. The quantitative estimate of drug-likeness (QED) is 0.934. The molecule has 0 radical (unpaired) electrons. The molecule has 7 heteroatoms. The topological polar surface area (TPSA) is 68.5 Å². The molecule has 118 valence electrons. The van der Waals surface area contributed by atoms with Gasteiger partial charge in [-0.3, -0.25) is 4.79 Å². The lowest BCUT2D eigenvalue weighted by atomic mass is 10.0. The van der Waals surface area contributed by atoms with Gasteiger partial charge >= 0.3 is 0 Å². The summed E-state index contributed by atoms with van der Waals surface area (Å²) in [7, 11) is 0. The highest BCUT2D eigenvalue weighted by atomic mass is 32.1. The molecule has 1 aliphatic carbocycles. The lowest BCUT2D eigenvalue weighted by Crippen LogP contribution is -2.35. The average molecular weight is 320 g/mol. The Labute approximate surface area is 132 Å². The van der Waals surface area contributed by atoms with Crippen molar-refractivity contribution in [3.05, 3.63) is 22.1 Å². The van der Waals surface area contributed by atoms with Crippen LogP contribution < -0.4 is 10.9 Å². The lowest BCUT2D eigenvalue weighted by Gasteiger charge is -2.29. The van der Waals surface area contributed by atoms with Gasteiger partial charge in [0.1, 0.15) is 0 Å². The van der Waals surface area contributed by atoms with Crippen molar-refractivity contribution in [2.24, 2.45) is 5.92 Å². The van der Waals surface area contributed by atoms with E-state index in [-0.39, 0.29) is 5.56 Å². The molecule has 0 amide bonds. The van der Waals surface area contributed by atoms with Crippen LogP contribution in [0.5, 0.6) is 0 Å². The SMILES string of the molecule is CCc1cc(=O)n2nc(NC3CCOC(C4CC4)C3)sc2n1. The zero-order valence-corrected chi connectivity index (χ0v) is 13.4. The van der Waals surface area contributed by atoms with E-state index >= 15 is 0 Å². The number of aromatic nitrogens is 3. The molecular formula is C15H20N4O2S. The Bertz CT molecular complexity index is 737. The number of nitrogens with zero attached hydrogens (tertiary/aromatic N) is 3. The van der Waals surface area contributed by atoms with Gasteiger partial charge in [-0.15, -0.1) is 5.10 Å². The molecule has 1 N–H and O–H groups in total. The Morgan fingerprint density at radius 1 is 1.45 bits per heavy atom. The molecule has 1 saturated heterocycles. The minimum atomic E-state index is -0.103. The average Bonchev–Trinajstić information content (AvgIpc) is 3.29. The molecule has 2 aromatic heterocycles. The van der Waals surface area contributed by atoms with Gasteiger partial charge in [-0.05, 0) is 38.0 Å². The molecule has 22 heavy (non-hydrogen) atoms. The molecule has 1 aliphatic heterocycles. The summed E-state index contributed by atoms with van der Waals surface area (Å²) < 4.78 is 7.25. The minimum Gasteiger partial charge on any atom is -0.378 e. The molecule has 2 atom stereocenters. The van der Waals surface area contributed by atoms with E-state index in [2.05, 4.69) is 15.4 Å².